The summed E-state index contributed by atoms with van der Waals surface area (Å²) in [4.78, 5) is 13.4. The molecule has 27 heavy (non-hydrogen) atoms. The fraction of sp³-hybridized carbons (Fsp3) is 0.261. The molecule has 1 aliphatic carbocycles. The number of phenolic OH excluding ortho intramolecular Hbond substituents is 1. The van der Waals surface area contributed by atoms with Crippen LogP contribution in [0.25, 0.3) is 11.6 Å². The number of rotatable bonds is 5. The van der Waals surface area contributed by atoms with Gasteiger partial charge in [-0.15, -0.1) is 0 Å². The molecule has 140 valence electrons. The summed E-state index contributed by atoms with van der Waals surface area (Å²) >= 11 is 0. The summed E-state index contributed by atoms with van der Waals surface area (Å²) in [5, 5.41) is 19.1. The number of carbonyl (C=O) groups is 1. The van der Waals surface area contributed by atoms with Gasteiger partial charge in [0.2, 0.25) is 0 Å². The van der Waals surface area contributed by atoms with Gasteiger partial charge in [-0.3, -0.25) is 0 Å². The summed E-state index contributed by atoms with van der Waals surface area (Å²) in [7, 11) is 4.14. The molecule has 0 bridgehead atoms. The number of phenols is 1. The molecule has 0 amide bonds. The molecule has 1 atom stereocenters. The van der Waals surface area contributed by atoms with Crippen molar-refractivity contribution in [1.29, 1.82) is 0 Å². The standard InChI is InChI=1S/C23H25NO3/c1-24(2)15-20-10-9-17(11-16-5-3-7-19(12-16)23(26)27)13-22(20)18-6-4-8-21(25)14-18/h3-8,11-14,20,25H,9-10,15H2,1-2H3,(H,26,27). The first-order valence-electron chi connectivity index (χ1n) is 9.12. The number of nitrogens with zero attached hydrogens (tertiary/aromatic N) is 1. The zero-order chi connectivity index (χ0) is 19.4. The van der Waals surface area contributed by atoms with E-state index in [2.05, 4.69) is 31.1 Å². The van der Waals surface area contributed by atoms with Gasteiger partial charge in [0.15, 0.2) is 0 Å². The van der Waals surface area contributed by atoms with Gasteiger partial charge in [-0.2, -0.15) is 0 Å². The maximum Gasteiger partial charge on any atom is 0.335 e. The Kier molecular flexibility index (Phi) is 5.77. The number of aromatic carboxylic acids is 1. The molecule has 2 aromatic rings. The van der Waals surface area contributed by atoms with Crippen molar-refractivity contribution >= 4 is 17.6 Å². The second-order valence-corrected chi connectivity index (χ2v) is 7.30. The van der Waals surface area contributed by atoms with Crippen LogP contribution in [-0.4, -0.2) is 41.7 Å². The lowest BCUT2D eigenvalue weighted by molar-refractivity contribution is 0.0697. The number of hydrogen-bond donors (Lipinski definition) is 2. The quantitative estimate of drug-likeness (QED) is 0.819. The van der Waals surface area contributed by atoms with Gasteiger partial charge in [-0.1, -0.05) is 36.4 Å². The Labute approximate surface area is 160 Å². The first-order valence-corrected chi connectivity index (χ1v) is 9.12. The Morgan fingerprint density at radius 3 is 2.67 bits per heavy atom. The number of carboxylic acid groups (broad SMARTS) is 1. The monoisotopic (exact) mass is 363 g/mol. The van der Waals surface area contributed by atoms with E-state index in [1.807, 2.05) is 24.3 Å². The van der Waals surface area contributed by atoms with Crippen LogP contribution in [-0.2, 0) is 0 Å². The van der Waals surface area contributed by atoms with E-state index in [1.54, 1.807) is 24.3 Å². The first kappa shape index (κ1) is 18.9. The third kappa shape index (κ3) is 4.86. The molecule has 2 N–H and O–H groups in total. The zero-order valence-corrected chi connectivity index (χ0v) is 15.7. The van der Waals surface area contributed by atoms with Crippen LogP contribution in [0.15, 0.2) is 60.2 Å². The summed E-state index contributed by atoms with van der Waals surface area (Å²) in [6, 6.07) is 14.4. The number of carboxylic acids is 1. The topological polar surface area (TPSA) is 60.8 Å². The van der Waals surface area contributed by atoms with Crippen molar-refractivity contribution < 1.29 is 15.0 Å². The van der Waals surface area contributed by atoms with E-state index in [-0.39, 0.29) is 5.75 Å². The Bertz CT molecular complexity index is 896. The van der Waals surface area contributed by atoms with Crippen LogP contribution >= 0.6 is 0 Å². The Balaban J connectivity index is 1.98. The molecule has 0 saturated carbocycles. The van der Waals surface area contributed by atoms with Crippen molar-refractivity contribution in [2.75, 3.05) is 20.6 Å². The first-order chi connectivity index (χ1) is 12.9. The van der Waals surface area contributed by atoms with E-state index in [0.29, 0.717) is 11.5 Å². The highest BCUT2D eigenvalue weighted by molar-refractivity contribution is 5.88. The minimum absolute atomic E-state index is 0.266. The van der Waals surface area contributed by atoms with Gasteiger partial charge in [0, 0.05) is 6.54 Å². The van der Waals surface area contributed by atoms with Crippen LogP contribution in [0.2, 0.25) is 0 Å². The summed E-state index contributed by atoms with van der Waals surface area (Å²) in [5.74, 6) is -0.257. The van der Waals surface area contributed by atoms with Crippen LogP contribution in [0, 0.1) is 5.92 Å². The molecule has 4 nitrogen and oxygen atoms in total. The molecular weight excluding hydrogens is 338 g/mol. The molecule has 0 fully saturated rings. The fourth-order valence-electron chi connectivity index (χ4n) is 3.61. The predicted molar refractivity (Wildman–Crippen MR) is 109 cm³/mol. The zero-order valence-electron chi connectivity index (χ0n) is 15.7. The van der Waals surface area contributed by atoms with Gasteiger partial charge in [0.25, 0.3) is 0 Å². The second kappa shape index (κ2) is 8.23. The molecular formula is C23H25NO3. The van der Waals surface area contributed by atoms with Gasteiger partial charge < -0.3 is 15.1 Å². The molecule has 0 radical (unpaired) electrons. The lowest BCUT2D eigenvalue weighted by Crippen LogP contribution is -2.24. The van der Waals surface area contributed by atoms with Crippen molar-refractivity contribution in [3.63, 3.8) is 0 Å². The summed E-state index contributed by atoms with van der Waals surface area (Å²) in [5.41, 5.74) is 4.61. The van der Waals surface area contributed by atoms with Gasteiger partial charge in [0.1, 0.15) is 5.75 Å². The highest BCUT2D eigenvalue weighted by atomic mass is 16.4. The van der Waals surface area contributed by atoms with Crippen molar-refractivity contribution in [3.8, 4) is 5.75 Å². The average Bonchev–Trinajstić information content (AvgIpc) is 2.63. The van der Waals surface area contributed by atoms with Crippen LogP contribution < -0.4 is 0 Å². The molecule has 0 aliphatic heterocycles. The Hall–Kier alpha value is -2.85. The average molecular weight is 363 g/mol. The largest absolute Gasteiger partial charge is 0.508 e. The Morgan fingerprint density at radius 2 is 1.96 bits per heavy atom. The van der Waals surface area contributed by atoms with Gasteiger partial charge in [-0.05, 0) is 79.4 Å². The van der Waals surface area contributed by atoms with E-state index in [9.17, 15) is 15.0 Å². The van der Waals surface area contributed by atoms with Gasteiger partial charge >= 0.3 is 5.97 Å². The molecule has 1 unspecified atom stereocenters. The number of hydrogen-bond acceptors (Lipinski definition) is 3. The molecule has 4 heteroatoms. The van der Waals surface area contributed by atoms with Crippen molar-refractivity contribution in [2.45, 2.75) is 12.8 Å². The Morgan fingerprint density at radius 1 is 1.19 bits per heavy atom. The van der Waals surface area contributed by atoms with Crippen LogP contribution in [0.3, 0.4) is 0 Å². The SMILES string of the molecule is CN(C)CC1CCC(=Cc2cccc(C(=O)O)c2)C=C1c1cccc(O)c1. The van der Waals surface area contributed by atoms with E-state index >= 15 is 0 Å². The lowest BCUT2D eigenvalue weighted by atomic mass is 9.81. The molecule has 0 saturated heterocycles. The third-order valence-electron chi connectivity index (χ3n) is 4.81. The second-order valence-electron chi connectivity index (χ2n) is 7.30. The lowest BCUT2D eigenvalue weighted by Gasteiger charge is -2.28. The van der Waals surface area contributed by atoms with E-state index in [0.717, 1.165) is 30.5 Å². The van der Waals surface area contributed by atoms with Crippen molar-refractivity contribution in [1.82, 2.24) is 4.90 Å². The maximum atomic E-state index is 11.2. The molecule has 1 aliphatic rings. The molecule has 0 heterocycles. The highest BCUT2D eigenvalue weighted by Gasteiger charge is 2.22. The number of aromatic hydroxyl groups is 1. The summed E-state index contributed by atoms with van der Waals surface area (Å²) in [6.07, 6.45) is 6.21. The molecule has 0 aromatic heterocycles. The fourth-order valence-corrected chi connectivity index (χ4v) is 3.61. The summed E-state index contributed by atoms with van der Waals surface area (Å²) < 4.78 is 0. The van der Waals surface area contributed by atoms with E-state index < -0.39 is 5.97 Å². The maximum absolute atomic E-state index is 11.2. The van der Waals surface area contributed by atoms with Gasteiger partial charge in [0.05, 0.1) is 5.56 Å². The smallest absolute Gasteiger partial charge is 0.335 e. The van der Waals surface area contributed by atoms with Crippen LogP contribution in [0.5, 0.6) is 5.75 Å². The highest BCUT2D eigenvalue weighted by Crippen LogP contribution is 2.36. The van der Waals surface area contributed by atoms with E-state index in [4.69, 9.17) is 0 Å². The normalized spacial score (nSPS) is 18.6. The minimum Gasteiger partial charge on any atom is -0.508 e. The van der Waals surface area contributed by atoms with Crippen molar-refractivity contribution in [2.24, 2.45) is 5.92 Å². The summed E-state index contributed by atoms with van der Waals surface area (Å²) in [6.45, 7) is 0.948. The third-order valence-corrected chi connectivity index (χ3v) is 4.81. The molecule has 2 aromatic carbocycles. The number of allylic oxidation sites excluding steroid dienone is 2. The predicted octanol–water partition coefficient (Wildman–Crippen LogP) is 4.53. The van der Waals surface area contributed by atoms with E-state index in [1.165, 1.54) is 11.1 Å². The van der Waals surface area contributed by atoms with Crippen molar-refractivity contribution in [3.05, 3.63) is 76.9 Å². The van der Waals surface area contributed by atoms with Gasteiger partial charge in [-0.25, -0.2) is 4.79 Å². The van der Waals surface area contributed by atoms with Crippen LogP contribution in [0.4, 0.5) is 0 Å². The molecule has 3 rings (SSSR count). The minimum atomic E-state index is -0.916. The van der Waals surface area contributed by atoms with Crippen LogP contribution in [0.1, 0.15) is 34.3 Å². The molecule has 0 spiro atoms. The number of benzene rings is 2.